The molecular weight excluding hydrogens is 1650 g/mol. The Kier molecular flexibility index (Phi) is 76.8. The molecule has 0 amide bonds. The Morgan fingerprint density at radius 3 is 0.778 bits per heavy atom. The number of anilines is 2. The number of nitrogens with one attached hydrogen (secondary N) is 2. The molecule has 468 valence electrons. The molecule has 4 aromatic carbocycles. The molecule has 0 unspecified atom stereocenters. The molecule has 0 aromatic heterocycles. The third-order valence-corrected chi connectivity index (χ3v) is 8.22. The third kappa shape index (κ3) is 63.6. The fraction of sp³-hybridized carbons (Fsp3) is 0.417. The van der Waals surface area contributed by atoms with Crippen LogP contribution in [0.15, 0.2) is 131 Å². The van der Waals surface area contributed by atoms with Crippen molar-refractivity contribution < 1.29 is 56.1 Å². The van der Waals surface area contributed by atoms with Crippen LogP contribution in [0.1, 0.15) is 52.4 Å². The molecule has 2 aliphatic rings. The van der Waals surface area contributed by atoms with E-state index in [4.69, 9.17) is 241 Å². The molecule has 0 spiro atoms. The molecule has 0 atom stereocenters. The van der Waals surface area contributed by atoms with Crippen molar-refractivity contribution in [3.05, 3.63) is 121 Å². The molecule has 0 radical (unpaired) electrons. The summed E-state index contributed by atoms with van der Waals surface area (Å²) in [5.41, 5.74) is 15.9. The maximum atomic E-state index is 8.67. The van der Waals surface area contributed by atoms with Gasteiger partial charge in [-0.05, 0) is 101 Å². The van der Waals surface area contributed by atoms with Gasteiger partial charge in [-0.2, -0.15) is 0 Å². The number of guanidine groups is 4. The minimum Gasteiger partial charge on any atom is -1.00 e. The fourth-order valence-corrected chi connectivity index (χ4v) is 5.74. The second-order valence-electron chi connectivity index (χ2n) is 13.8. The van der Waals surface area contributed by atoms with Gasteiger partial charge in [-0.1, -0.05) is 282 Å². The van der Waals surface area contributed by atoms with Gasteiger partial charge in [-0.3, -0.25) is 20.6 Å². The number of halogens is 20. The van der Waals surface area contributed by atoms with Crippen LogP contribution in [-0.2, 0) is 21.1 Å². The van der Waals surface area contributed by atoms with Crippen LogP contribution >= 0.6 is 209 Å². The molecule has 81 heavy (non-hydrogen) atoms. The Morgan fingerprint density at radius 2 is 0.593 bits per heavy atom. The van der Waals surface area contributed by atoms with Crippen molar-refractivity contribution >= 4 is 255 Å². The number of likely N-dealkylation sites (tertiary alicyclic amines) is 2. The third-order valence-electron chi connectivity index (χ3n) is 8.22. The van der Waals surface area contributed by atoms with Crippen LogP contribution in [0, 0.1) is 10.8 Å². The molecule has 2 fully saturated rings. The summed E-state index contributed by atoms with van der Waals surface area (Å²) in [6.45, 7) is 7.42. The van der Waals surface area contributed by atoms with Crippen molar-refractivity contribution in [3.8, 4) is 0 Å². The largest absolute Gasteiger partial charge is 2.00 e. The SMILES string of the molecule is CCO.CCO.ClC(Cl)Cl.ClC(Cl)Cl.ClC(Cl)Cl.ClC(Cl)Cl.ClC(Cl)Cl.ClC(Cl)Cl.N=C(N1CCCCC1)N(C(N)=Nc1ccccc1)c1ccccc1.N=C(N1CCCCC1)N(C(N)=Nc1ccccc1)c1ccccc1.[Cl-].[Cl-].[Pt+2]. The van der Waals surface area contributed by atoms with Gasteiger partial charge in [0.05, 0.1) is 22.7 Å². The van der Waals surface area contributed by atoms with Gasteiger partial charge in [0, 0.05) is 39.4 Å². The minimum atomic E-state index is -0.750. The van der Waals surface area contributed by atoms with Gasteiger partial charge in [0.25, 0.3) is 0 Å². The minimum absolute atomic E-state index is 0. The second kappa shape index (κ2) is 65.2. The Balaban J connectivity index is -0.000000177. The zero-order valence-corrected chi connectivity index (χ0v) is 60.5. The Morgan fingerprint density at radius 1 is 0.420 bits per heavy atom. The van der Waals surface area contributed by atoms with Crippen LogP contribution in [0.25, 0.3) is 0 Å². The summed E-state index contributed by atoms with van der Waals surface area (Å²) in [4.78, 5) is 16.6. The average molecular weight is 1720 g/mol. The van der Waals surface area contributed by atoms with Crippen LogP contribution in [0.4, 0.5) is 22.7 Å². The summed E-state index contributed by atoms with van der Waals surface area (Å²) in [7, 11) is 0. The molecule has 2 aliphatic heterocycles. The number of benzene rings is 4. The Hall–Kier alpha value is 0.768. The average Bonchev–Trinajstić information content (AvgIpc) is 3.36. The smallest absolute Gasteiger partial charge is 1.00 e. The molecule has 0 saturated carbocycles. The summed E-state index contributed by atoms with van der Waals surface area (Å²) in [5, 5.41) is 32.5. The molecular formula is C48H64Cl20N10O2Pt. The van der Waals surface area contributed by atoms with Gasteiger partial charge in [0.2, 0.25) is 23.8 Å². The van der Waals surface area contributed by atoms with Crippen molar-refractivity contribution in [2.45, 2.75) is 78.1 Å². The first-order valence-corrected chi connectivity index (χ1v) is 30.5. The number of nitrogens with two attached hydrogens (primary N) is 2. The van der Waals surface area contributed by atoms with E-state index in [0.717, 1.165) is 74.6 Å². The van der Waals surface area contributed by atoms with Crippen LogP contribution in [0.3, 0.4) is 0 Å². The van der Waals surface area contributed by atoms with Crippen molar-refractivity contribution in [2.75, 3.05) is 49.2 Å². The fourth-order valence-electron chi connectivity index (χ4n) is 5.74. The molecule has 33 heteroatoms. The zero-order valence-electron chi connectivity index (χ0n) is 43.1. The predicted molar refractivity (Wildman–Crippen MR) is 353 cm³/mol. The Labute approximate surface area is 595 Å². The van der Waals surface area contributed by atoms with E-state index in [-0.39, 0.29) is 59.1 Å². The summed E-state index contributed by atoms with van der Waals surface area (Å²) < 4.78 is -4.50. The predicted octanol–water partition coefficient (Wildman–Crippen LogP) is 13.0. The monoisotopic (exact) mass is 1710 g/mol. The summed E-state index contributed by atoms with van der Waals surface area (Å²) in [6, 6.07) is 38.7. The summed E-state index contributed by atoms with van der Waals surface area (Å²) in [5.74, 6) is 1.39. The normalized spacial score (nSPS) is 12.1. The Bertz CT molecular complexity index is 1860. The van der Waals surface area contributed by atoms with Crippen molar-refractivity contribution in [1.82, 2.24) is 9.80 Å². The molecule has 0 aliphatic carbocycles. The van der Waals surface area contributed by atoms with Crippen molar-refractivity contribution in [2.24, 2.45) is 21.5 Å². The number of nitrogens with zero attached hydrogens (tertiary/aromatic N) is 6. The number of piperidine rings is 2. The first-order valence-electron chi connectivity index (χ1n) is 22.6. The number of hydrogen-bond acceptors (Lipinski definition) is 6. The number of rotatable bonds is 4. The number of aliphatic imine (C=N–C) groups is 2. The number of aliphatic hydroxyl groups excluding tert-OH is 2. The van der Waals surface area contributed by atoms with Gasteiger partial charge in [0.15, 0.2) is 25.8 Å². The van der Waals surface area contributed by atoms with Gasteiger partial charge >= 0.3 is 21.1 Å². The van der Waals surface area contributed by atoms with E-state index in [1.165, 1.54) is 12.8 Å². The van der Waals surface area contributed by atoms with Crippen LogP contribution in [-0.4, -0.2) is 109 Å². The zero-order chi connectivity index (χ0) is 60.4. The number of para-hydroxylation sites is 4. The molecule has 12 nitrogen and oxygen atoms in total. The molecule has 2 saturated heterocycles. The van der Waals surface area contributed by atoms with E-state index in [1.54, 1.807) is 23.6 Å². The number of aliphatic hydroxyl groups is 2. The van der Waals surface area contributed by atoms with E-state index in [2.05, 4.69) is 19.8 Å². The second-order valence-corrected chi connectivity index (χ2v) is 25.7. The summed E-state index contributed by atoms with van der Waals surface area (Å²) >= 11 is 86.5. The molecule has 2 heterocycles. The van der Waals surface area contributed by atoms with Crippen LogP contribution in [0.2, 0.25) is 0 Å². The van der Waals surface area contributed by atoms with Crippen molar-refractivity contribution in [3.63, 3.8) is 0 Å². The maximum absolute atomic E-state index is 8.67. The van der Waals surface area contributed by atoms with Crippen LogP contribution in [0.5, 0.6) is 0 Å². The standard InChI is InChI=1S/2C19H23N5.2C2H6O.6CHCl3.2ClH.Pt/c2*20-18(22-16-10-4-1-5-11-16)24(17-12-6-2-7-13-17)19(21)23-14-8-3-9-15-23;2*1-2-3;6*2-1(3)4;;;/h2*1-2,4-7,10-13,21H,3,8-9,14-15H2,(H2,20,22);2*3H,2H2,1H3;6*1H;2*1H;/q;;;;;;;;;;;;+2/p-2. The van der Waals surface area contributed by atoms with E-state index in [0.29, 0.717) is 23.8 Å². The van der Waals surface area contributed by atoms with E-state index < -0.39 is 25.8 Å². The van der Waals surface area contributed by atoms with Crippen LogP contribution < -0.4 is 46.1 Å². The molecule has 6 rings (SSSR count). The topological polar surface area (TPSA) is 178 Å². The molecule has 4 aromatic rings. The van der Waals surface area contributed by atoms with Gasteiger partial charge in [-0.25, -0.2) is 9.98 Å². The maximum Gasteiger partial charge on any atom is 2.00 e. The molecule has 0 bridgehead atoms. The van der Waals surface area contributed by atoms with Gasteiger partial charge in [-0.15, -0.1) is 0 Å². The summed E-state index contributed by atoms with van der Waals surface area (Å²) in [6.07, 6.45) is 6.90. The van der Waals surface area contributed by atoms with E-state index in [1.807, 2.05) is 121 Å². The molecule has 8 N–H and O–H groups in total. The van der Waals surface area contributed by atoms with Gasteiger partial charge in [0.1, 0.15) is 0 Å². The van der Waals surface area contributed by atoms with E-state index in [9.17, 15) is 0 Å². The quantitative estimate of drug-likeness (QED) is 0.0664. The van der Waals surface area contributed by atoms with Gasteiger partial charge < -0.3 is 56.3 Å². The number of hydrogen-bond donors (Lipinski definition) is 6. The first-order chi connectivity index (χ1) is 36.7. The number of alkyl halides is 18. The van der Waals surface area contributed by atoms with E-state index >= 15 is 0 Å². The van der Waals surface area contributed by atoms with Crippen molar-refractivity contribution in [1.29, 1.82) is 10.8 Å². The first kappa shape index (κ1) is 95.4.